The second-order valence-corrected chi connectivity index (χ2v) is 6.08. The molecule has 0 saturated carbocycles. The van der Waals surface area contributed by atoms with Crippen LogP contribution in [0.1, 0.15) is 11.4 Å². The summed E-state index contributed by atoms with van der Waals surface area (Å²) in [4.78, 5) is 0. The van der Waals surface area contributed by atoms with Gasteiger partial charge in [-0.15, -0.1) is 0 Å². The van der Waals surface area contributed by atoms with Crippen LogP contribution in [0.4, 0.5) is 0 Å². The van der Waals surface area contributed by atoms with Crippen LogP contribution < -0.4 is 9.13 Å². The molecule has 2 aromatic heterocycles. The van der Waals surface area contributed by atoms with E-state index in [2.05, 4.69) is 103 Å². The zero-order valence-corrected chi connectivity index (χ0v) is 13.6. The van der Waals surface area contributed by atoms with Crippen LogP contribution in [0.5, 0.6) is 0 Å². The van der Waals surface area contributed by atoms with Crippen molar-refractivity contribution in [2.45, 2.75) is 5.91 Å². The molecule has 0 saturated heterocycles. The van der Waals surface area contributed by atoms with E-state index in [1.54, 1.807) is 0 Å². The minimum Gasteiger partial charge on any atom is -0.0679 e. The molecule has 4 nitrogen and oxygen atoms in total. The van der Waals surface area contributed by atoms with Crippen molar-refractivity contribution in [2.24, 2.45) is 0 Å². The van der Waals surface area contributed by atoms with Crippen molar-refractivity contribution >= 4 is 12.4 Å². The molecule has 3 aliphatic rings. The van der Waals surface area contributed by atoms with Crippen LogP contribution >= 0.6 is 0 Å². The highest BCUT2D eigenvalue weighted by Crippen LogP contribution is 2.19. The summed E-state index contributed by atoms with van der Waals surface area (Å²) >= 11 is 0. The Labute approximate surface area is 146 Å². The van der Waals surface area contributed by atoms with Crippen LogP contribution in [-0.4, -0.2) is 34.7 Å². The highest BCUT2D eigenvalue weighted by Gasteiger charge is 2.79. The third-order valence-electron chi connectivity index (χ3n) is 4.73. The topological polar surface area (TPSA) is 13.8 Å². The number of hydrogen-bond donors (Lipinski definition) is 0. The van der Waals surface area contributed by atoms with Gasteiger partial charge in [0.1, 0.15) is 0 Å². The number of nitrogens with zero attached hydrogens (tertiary/aromatic N) is 4. The third-order valence-corrected chi connectivity index (χ3v) is 4.73. The summed E-state index contributed by atoms with van der Waals surface area (Å²) in [6.45, 7) is 1.25. The fourth-order valence-electron chi connectivity index (χ4n) is 3.76. The van der Waals surface area contributed by atoms with E-state index < -0.39 is 5.91 Å². The van der Waals surface area contributed by atoms with Gasteiger partial charge in [0.05, 0.1) is 0 Å². The number of pyridine rings is 2. The van der Waals surface area contributed by atoms with E-state index >= 15 is 0 Å². The maximum atomic E-state index is 3.25. The molecule has 0 radical (unpaired) electrons. The second-order valence-electron chi connectivity index (χ2n) is 6.08. The molecule has 1 spiro atoms. The lowest BCUT2D eigenvalue weighted by Crippen LogP contribution is -2.80. The van der Waals surface area contributed by atoms with E-state index in [4.69, 9.17) is 0 Å². The first-order valence-corrected chi connectivity index (χ1v) is 8.28. The van der Waals surface area contributed by atoms with Crippen LogP contribution in [0.2, 0.25) is 0 Å². The van der Waals surface area contributed by atoms with Crippen molar-refractivity contribution in [3.8, 4) is 23.7 Å². The molecule has 0 bridgehead atoms. The largest absolute Gasteiger partial charge is 0.760 e. The van der Waals surface area contributed by atoms with E-state index in [1.165, 1.54) is 0 Å². The van der Waals surface area contributed by atoms with Crippen LogP contribution in [0, 0.1) is 23.7 Å². The van der Waals surface area contributed by atoms with E-state index in [9.17, 15) is 0 Å². The van der Waals surface area contributed by atoms with Gasteiger partial charge in [0, 0.05) is 33.4 Å². The van der Waals surface area contributed by atoms with Gasteiger partial charge in [0.2, 0.25) is 13.1 Å². The molecule has 0 unspecified atom stereocenters. The molecule has 2 aromatic rings. The number of rotatable bonds is 0. The van der Waals surface area contributed by atoms with Gasteiger partial charge in [-0.3, -0.25) is 0 Å². The van der Waals surface area contributed by atoms with Gasteiger partial charge in [-0.1, -0.05) is 11.8 Å². The van der Waals surface area contributed by atoms with Gasteiger partial charge in [-0.25, -0.2) is 0 Å². The molecular formula is C21H16N4+4. The summed E-state index contributed by atoms with van der Waals surface area (Å²) in [5.74, 6) is 12.1. The lowest BCUT2D eigenvalue weighted by Gasteiger charge is -2.08. The van der Waals surface area contributed by atoms with Crippen molar-refractivity contribution in [1.82, 2.24) is 0 Å². The Morgan fingerprint density at radius 1 is 0.720 bits per heavy atom. The summed E-state index contributed by atoms with van der Waals surface area (Å²) in [7, 11) is 0. The smallest absolute Gasteiger partial charge is 0.0679 e. The summed E-state index contributed by atoms with van der Waals surface area (Å²) in [5, 5.41) is 0. The van der Waals surface area contributed by atoms with Crippen LogP contribution in [0.3, 0.4) is 0 Å². The Morgan fingerprint density at radius 3 is 1.76 bits per heavy atom. The van der Waals surface area contributed by atoms with Crippen molar-refractivity contribution < 1.29 is 18.3 Å². The van der Waals surface area contributed by atoms with Crippen molar-refractivity contribution in [1.29, 1.82) is 0 Å². The first kappa shape index (κ1) is 13.9. The van der Waals surface area contributed by atoms with Crippen LogP contribution in [-0.2, 0) is 5.91 Å². The molecule has 3 aliphatic heterocycles. The highest BCUT2D eigenvalue weighted by molar-refractivity contribution is 5.73. The zero-order chi connectivity index (χ0) is 16.7. The molecule has 0 fully saturated rings. The lowest BCUT2D eigenvalue weighted by molar-refractivity contribution is -1.23. The quantitative estimate of drug-likeness (QED) is 0.472. The van der Waals surface area contributed by atoms with Crippen LogP contribution in [0.15, 0.2) is 60.9 Å². The molecule has 0 aliphatic carbocycles. The molecule has 116 valence electrons. The van der Waals surface area contributed by atoms with Gasteiger partial charge in [0.25, 0.3) is 23.8 Å². The average molecular weight is 324 g/mol. The summed E-state index contributed by atoms with van der Waals surface area (Å²) in [5.41, 5.74) is 2.29. The molecule has 4 heteroatoms. The standard InChI is InChI=1S/C21H16N4/c1-2-4-8-14-23-18-20-12-6-10-16-25(20)21(23)22(13-7-3-1)17-19-11-5-9-15-24(19)21/h1-2,5-6,9-12,15-18H,13-14H2/q+4/b2-1-. The van der Waals surface area contributed by atoms with E-state index in [0.29, 0.717) is 13.1 Å². The zero-order valence-electron chi connectivity index (χ0n) is 13.6. The van der Waals surface area contributed by atoms with Crippen molar-refractivity contribution in [3.63, 3.8) is 0 Å². The second kappa shape index (κ2) is 5.26. The Hall–Kier alpha value is -3.50. The first-order chi connectivity index (χ1) is 12.4. The van der Waals surface area contributed by atoms with Gasteiger partial charge in [-0.05, 0) is 45.3 Å². The van der Waals surface area contributed by atoms with Crippen molar-refractivity contribution in [3.05, 3.63) is 72.3 Å². The third kappa shape index (κ3) is 1.86. The van der Waals surface area contributed by atoms with Gasteiger partial charge >= 0.3 is 5.91 Å². The molecule has 0 atom stereocenters. The van der Waals surface area contributed by atoms with E-state index in [-0.39, 0.29) is 0 Å². The Balaban J connectivity index is 1.85. The molecule has 5 heterocycles. The first-order valence-electron chi connectivity index (χ1n) is 8.28. The predicted octanol–water partition coefficient (Wildman–Crippen LogP) is -0.156. The van der Waals surface area contributed by atoms with Gasteiger partial charge in [0.15, 0.2) is 12.4 Å². The van der Waals surface area contributed by atoms with Crippen LogP contribution in [0.25, 0.3) is 0 Å². The minimum atomic E-state index is -0.527. The average Bonchev–Trinajstić information content (AvgIpc) is 3.14. The summed E-state index contributed by atoms with van der Waals surface area (Å²) in [6.07, 6.45) is 12.2. The Kier molecular flexibility index (Phi) is 2.92. The van der Waals surface area contributed by atoms with Gasteiger partial charge in [-0.2, -0.15) is 0 Å². The molecule has 5 rings (SSSR count). The van der Waals surface area contributed by atoms with E-state index in [1.807, 2.05) is 12.2 Å². The maximum absolute atomic E-state index is 3.25. The fourth-order valence-corrected chi connectivity index (χ4v) is 3.76. The molecule has 25 heavy (non-hydrogen) atoms. The lowest BCUT2D eigenvalue weighted by atomic mass is 10.3. The number of allylic oxidation sites excluding steroid dienone is 2. The van der Waals surface area contributed by atoms with E-state index in [0.717, 1.165) is 11.4 Å². The fraction of sp³-hybridized carbons (Fsp3) is 0.143. The Morgan fingerprint density at radius 2 is 1.24 bits per heavy atom. The normalized spacial score (nSPS) is 19.2. The molecule has 0 amide bonds. The number of fused-ring (bicyclic) bond motifs is 2. The van der Waals surface area contributed by atoms with Crippen molar-refractivity contribution in [2.75, 3.05) is 13.1 Å². The SMILES string of the molecule is C1#CC[N+]2=Cc3cccc[n+]3C23[N+](=Cc2cccc[n+]23)CC#C/C=C\1. The molecule has 0 N–H and O–H groups in total. The Bertz CT molecular complexity index is 1020. The highest BCUT2D eigenvalue weighted by atomic mass is 15.6. The molecule has 0 aromatic carbocycles. The number of aromatic nitrogens is 2. The maximum Gasteiger partial charge on any atom is 0.760 e. The summed E-state index contributed by atoms with van der Waals surface area (Å²) < 4.78 is 9.13. The van der Waals surface area contributed by atoms with Gasteiger partial charge < -0.3 is 0 Å². The minimum absolute atomic E-state index is 0.527. The monoisotopic (exact) mass is 324 g/mol. The summed E-state index contributed by atoms with van der Waals surface area (Å²) in [6, 6.07) is 12.5. The number of hydrogen-bond acceptors (Lipinski definition) is 0. The predicted molar refractivity (Wildman–Crippen MR) is 91.9 cm³/mol. The molecular weight excluding hydrogens is 308 g/mol.